The average Bonchev–Trinajstić information content (AvgIpc) is 3.40. The normalized spacial score (nSPS) is 17.7. The lowest BCUT2D eigenvalue weighted by Gasteiger charge is -2.33. The number of rotatable bonds is 8. The second-order valence-corrected chi connectivity index (χ2v) is 14.9. The molecule has 47 heavy (non-hydrogen) atoms. The molecule has 1 unspecified atom stereocenters. The molecule has 13 heteroatoms. The second-order valence-electron chi connectivity index (χ2n) is 13.0. The maximum absolute atomic E-state index is 14.0. The van der Waals surface area contributed by atoms with Crippen molar-refractivity contribution < 1.29 is 36.2 Å². The first-order valence-corrected chi connectivity index (χ1v) is 16.8. The molecule has 1 aromatic heterocycles. The van der Waals surface area contributed by atoms with Crippen LogP contribution in [-0.2, 0) is 40.5 Å². The number of alkyl halides is 3. The summed E-state index contributed by atoms with van der Waals surface area (Å²) in [7, 11) is -2.78. The number of aromatic nitrogens is 3. The number of nitrogens with zero attached hydrogens (tertiary/aromatic N) is 4. The Morgan fingerprint density at radius 1 is 1.13 bits per heavy atom. The van der Waals surface area contributed by atoms with Gasteiger partial charge in [0.2, 0.25) is 10.0 Å². The number of halogens is 3. The maximum Gasteiger partial charge on any atom is 0.416 e. The van der Waals surface area contributed by atoms with Gasteiger partial charge < -0.3 is 9.84 Å². The predicted molar refractivity (Wildman–Crippen MR) is 171 cm³/mol. The smallest absolute Gasteiger partial charge is 0.416 e. The second kappa shape index (κ2) is 12.2. The Bertz CT molecular complexity index is 1970. The highest BCUT2D eigenvalue weighted by molar-refractivity contribution is 7.89. The van der Waals surface area contributed by atoms with E-state index in [2.05, 4.69) is 10.3 Å². The molecule has 5 rings (SSSR count). The number of sulfonamides is 1. The minimum Gasteiger partial charge on any atom is -0.494 e. The Morgan fingerprint density at radius 2 is 1.83 bits per heavy atom. The number of aliphatic carboxylic acids is 1. The molecule has 0 fully saturated rings. The van der Waals surface area contributed by atoms with E-state index in [1.807, 2.05) is 52.0 Å². The van der Waals surface area contributed by atoms with Crippen molar-refractivity contribution in [2.45, 2.75) is 78.0 Å². The summed E-state index contributed by atoms with van der Waals surface area (Å²) in [5.74, 6) is -1.43. The van der Waals surface area contributed by atoms with Crippen LogP contribution >= 0.6 is 0 Å². The SMILES string of the molecule is CCn1nnc2c(C)c(C(c3ccc(C)c(CN4C[C@@H](C)Cc5ccc(C(F)(F)F)cc5S4(=O)=O)c3)C(C)(C)C(=O)O)cc(OC)c21. The minimum atomic E-state index is -4.70. The first-order chi connectivity index (χ1) is 21.9. The van der Waals surface area contributed by atoms with Crippen LogP contribution in [0.5, 0.6) is 5.75 Å². The molecule has 4 aromatic rings. The largest absolute Gasteiger partial charge is 0.494 e. The van der Waals surface area contributed by atoms with Crippen LogP contribution in [0.2, 0.25) is 0 Å². The number of carbonyl (C=O) groups is 1. The van der Waals surface area contributed by atoms with Crippen molar-refractivity contribution in [3.8, 4) is 5.75 Å². The lowest BCUT2D eigenvalue weighted by molar-refractivity contribution is -0.147. The van der Waals surface area contributed by atoms with Gasteiger partial charge in [-0.3, -0.25) is 4.79 Å². The minimum absolute atomic E-state index is 0.103. The standard InChI is InChI=1S/C34H39F3N4O5S/c1-8-41-31-27(46-7)16-26(21(4)30(31)38-39-41)29(33(5,6)32(42)43)23-10-9-20(3)24(14-23)18-40-17-19(2)13-22-11-12-25(34(35,36)37)15-28(22)47(40,44)45/h9-12,14-16,19,29H,8,13,17-18H2,1-7H3,(H,42,43)/t19-,29?/m0/s1. The maximum atomic E-state index is 14.0. The zero-order chi connectivity index (χ0) is 34.6. The number of carboxylic acids is 1. The summed E-state index contributed by atoms with van der Waals surface area (Å²) in [6, 6.07) is 10.2. The van der Waals surface area contributed by atoms with Crippen LogP contribution in [0, 0.1) is 25.2 Å². The van der Waals surface area contributed by atoms with E-state index in [0.717, 1.165) is 23.3 Å². The number of hydrogen-bond donors (Lipinski definition) is 1. The number of carboxylic acid groups (broad SMARTS) is 1. The summed E-state index contributed by atoms with van der Waals surface area (Å²) in [5, 5.41) is 19.1. The summed E-state index contributed by atoms with van der Waals surface area (Å²) < 4.78 is 77.5. The van der Waals surface area contributed by atoms with E-state index in [9.17, 15) is 31.5 Å². The third kappa shape index (κ3) is 6.11. The molecular weight excluding hydrogens is 633 g/mol. The van der Waals surface area contributed by atoms with Gasteiger partial charge in [-0.2, -0.15) is 17.5 Å². The highest BCUT2D eigenvalue weighted by Crippen LogP contribution is 2.46. The van der Waals surface area contributed by atoms with Crippen LogP contribution in [0.1, 0.15) is 72.6 Å². The fourth-order valence-electron chi connectivity index (χ4n) is 6.59. The van der Waals surface area contributed by atoms with E-state index in [1.165, 1.54) is 17.5 Å². The van der Waals surface area contributed by atoms with Crippen molar-refractivity contribution in [3.05, 3.63) is 81.4 Å². The Balaban J connectivity index is 1.65. The topological polar surface area (TPSA) is 115 Å². The van der Waals surface area contributed by atoms with Crippen molar-refractivity contribution in [2.75, 3.05) is 13.7 Å². The number of aryl methyl sites for hydroxylation is 3. The monoisotopic (exact) mass is 672 g/mol. The summed E-state index contributed by atoms with van der Waals surface area (Å²) in [4.78, 5) is 12.5. The molecule has 9 nitrogen and oxygen atoms in total. The van der Waals surface area contributed by atoms with Crippen molar-refractivity contribution in [1.29, 1.82) is 0 Å². The molecule has 1 aliphatic heterocycles. The number of ether oxygens (including phenoxy) is 1. The van der Waals surface area contributed by atoms with Gasteiger partial charge in [0, 0.05) is 25.6 Å². The number of hydrogen-bond acceptors (Lipinski definition) is 6. The average molecular weight is 673 g/mol. The molecule has 0 saturated heterocycles. The van der Waals surface area contributed by atoms with Gasteiger partial charge in [0.15, 0.2) is 0 Å². The van der Waals surface area contributed by atoms with Gasteiger partial charge in [0.25, 0.3) is 0 Å². The molecule has 0 saturated carbocycles. The Kier molecular flexibility index (Phi) is 8.95. The Morgan fingerprint density at radius 3 is 2.45 bits per heavy atom. The lowest BCUT2D eigenvalue weighted by Crippen LogP contribution is -2.34. The highest BCUT2D eigenvalue weighted by Gasteiger charge is 2.41. The number of benzene rings is 3. The summed E-state index contributed by atoms with van der Waals surface area (Å²) in [6.07, 6.45) is -4.39. The summed E-state index contributed by atoms with van der Waals surface area (Å²) in [6.45, 7) is 11.3. The molecule has 0 bridgehead atoms. The third-order valence-corrected chi connectivity index (χ3v) is 11.2. The molecule has 252 valence electrons. The van der Waals surface area contributed by atoms with E-state index in [0.29, 0.717) is 52.0 Å². The first kappa shape index (κ1) is 34.4. The van der Waals surface area contributed by atoms with Crippen LogP contribution in [-0.4, -0.2) is 52.4 Å². The Labute approximate surface area is 272 Å². The van der Waals surface area contributed by atoms with Gasteiger partial charge in [-0.25, -0.2) is 13.1 Å². The molecule has 0 spiro atoms. The molecule has 0 amide bonds. The lowest BCUT2D eigenvalue weighted by atomic mass is 9.69. The van der Waals surface area contributed by atoms with Crippen LogP contribution < -0.4 is 4.74 Å². The zero-order valence-corrected chi connectivity index (χ0v) is 28.3. The van der Waals surface area contributed by atoms with E-state index < -0.39 is 39.1 Å². The molecule has 1 aliphatic rings. The molecule has 2 atom stereocenters. The van der Waals surface area contributed by atoms with Gasteiger partial charge in [0.1, 0.15) is 16.8 Å². The Hall–Kier alpha value is -3.97. The van der Waals surface area contributed by atoms with Gasteiger partial charge in [-0.15, -0.1) is 5.10 Å². The van der Waals surface area contributed by atoms with Crippen LogP contribution in [0.4, 0.5) is 13.2 Å². The van der Waals surface area contributed by atoms with E-state index in [1.54, 1.807) is 18.5 Å². The fourth-order valence-corrected chi connectivity index (χ4v) is 8.39. The van der Waals surface area contributed by atoms with E-state index in [4.69, 9.17) is 4.74 Å². The summed E-state index contributed by atoms with van der Waals surface area (Å²) in [5.41, 5.74) is 2.68. The number of fused-ring (bicyclic) bond motifs is 2. The molecule has 1 N–H and O–H groups in total. The zero-order valence-electron chi connectivity index (χ0n) is 27.4. The van der Waals surface area contributed by atoms with Crippen molar-refractivity contribution in [1.82, 2.24) is 19.3 Å². The van der Waals surface area contributed by atoms with Crippen LogP contribution in [0.25, 0.3) is 11.0 Å². The van der Waals surface area contributed by atoms with E-state index >= 15 is 0 Å². The van der Waals surface area contributed by atoms with Crippen LogP contribution in [0.15, 0.2) is 47.4 Å². The van der Waals surface area contributed by atoms with Crippen LogP contribution in [0.3, 0.4) is 0 Å². The van der Waals surface area contributed by atoms with Gasteiger partial charge >= 0.3 is 12.1 Å². The fraction of sp³-hybridized carbons (Fsp3) is 0.441. The van der Waals surface area contributed by atoms with Crippen molar-refractivity contribution in [2.24, 2.45) is 11.3 Å². The van der Waals surface area contributed by atoms with E-state index in [-0.39, 0.29) is 23.9 Å². The van der Waals surface area contributed by atoms with Gasteiger partial charge in [-0.1, -0.05) is 36.4 Å². The summed E-state index contributed by atoms with van der Waals surface area (Å²) >= 11 is 0. The molecule has 0 radical (unpaired) electrons. The number of methoxy groups -OCH3 is 1. The first-order valence-electron chi connectivity index (χ1n) is 15.4. The van der Waals surface area contributed by atoms with Gasteiger partial charge in [-0.05, 0) is 98.5 Å². The highest BCUT2D eigenvalue weighted by atomic mass is 32.2. The molecule has 2 heterocycles. The molecular formula is C34H39F3N4O5S. The van der Waals surface area contributed by atoms with Crippen molar-refractivity contribution >= 4 is 27.0 Å². The molecule has 0 aliphatic carbocycles. The predicted octanol–water partition coefficient (Wildman–Crippen LogP) is 6.72. The van der Waals surface area contributed by atoms with Gasteiger partial charge in [0.05, 0.1) is 23.0 Å². The van der Waals surface area contributed by atoms with Crippen molar-refractivity contribution in [3.63, 3.8) is 0 Å². The quantitative estimate of drug-likeness (QED) is 0.221. The third-order valence-electron chi connectivity index (χ3n) is 9.30. The molecule has 3 aromatic carbocycles.